The number of fused-ring (bicyclic) bond motifs is 5. The van der Waals surface area contributed by atoms with Crippen molar-refractivity contribution >= 4 is 17.9 Å². The Balaban J connectivity index is 1.54. The van der Waals surface area contributed by atoms with Crippen LogP contribution in [0.1, 0.15) is 86.0 Å². The van der Waals surface area contributed by atoms with Crippen molar-refractivity contribution < 1.29 is 28.6 Å². The first-order valence-corrected chi connectivity index (χ1v) is 12.7. The highest BCUT2D eigenvalue weighted by Crippen LogP contribution is 2.66. The lowest BCUT2D eigenvalue weighted by Crippen LogP contribution is -2.52. The molecule has 0 aliphatic heterocycles. The molecule has 0 amide bonds. The van der Waals surface area contributed by atoms with Crippen LogP contribution in [0.3, 0.4) is 0 Å². The van der Waals surface area contributed by atoms with Crippen LogP contribution < -0.4 is 0 Å². The number of hydrogen-bond donors (Lipinski definition) is 0. The molecule has 184 valence electrons. The zero-order chi connectivity index (χ0) is 24.0. The van der Waals surface area contributed by atoms with Gasteiger partial charge in [0.2, 0.25) is 0 Å². The molecule has 3 fully saturated rings. The molecule has 0 aromatic carbocycles. The number of hydrogen-bond acceptors (Lipinski definition) is 6. The lowest BCUT2D eigenvalue weighted by atomic mass is 9.47. The monoisotopic (exact) mass is 460 g/mol. The maximum absolute atomic E-state index is 11.8. The third kappa shape index (κ3) is 4.46. The number of carbonyl (C=O) groups is 3. The number of ether oxygens (including phenoxy) is 3. The van der Waals surface area contributed by atoms with Gasteiger partial charge in [-0.1, -0.05) is 25.5 Å². The van der Waals surface area contributed by atoms with Gasteiger partial charge in [-0.2, -0.15) is 0 Å². The molecule has 0 heterocycles. The Morgan fingerprint density at radius 2 is 1.73 bits per heavy atom. The molecule has 4 rings (SSSR count). The van der Waals surface area contributed by atoms with E-state index in [9.17, 15) is 14.4 Å². The fourth-order valence-corrected chi connectivity index (χ4v) is 8.26. The average Bonchev–Trinajstić information content (AvgIpc) is 3.08. The molecule has 0 bridgehead atoms. The predicted octanol–water partition coefficient (Wildman–Crippen LogP) is 4.99. The van der Waals surface area contributed by atoms with Crippen LogP contribution in [-0.2, 0) is 28.6 Å². The minimum absolute atomic E-state index is 0.0221. The summed E-state index contributed by atoms with van der Waals surface area (Å²) in [7, 11) is 0. The third-order valence-corrected chi connectivity index (χ3v) is 9.68. The van der Waals surface area contributed by atoms with Crippen molar-refractivity contribution in [1.82, 2.24) is 0 Å². The summed E-state index contributed by atoms with van der Waals surface area (Å²) in [4.78, 5) is 34.8. The van der Waals surface area contributed by atoms with E-state index in [1.807, 2.05) is 0 Å². The average molecular weight is 461 g/mol. The molecule has 3 saturated carbocycles. The van der Waals surface area contributed by atoms with Gasteiger partial charge in [-0.3, -0.25) is 14.4 Å². The van der Waals surface area contributed by atoms with Crippen LogP contribution in [-0.4, -0.2) is 36.7 Å². The smallest absolute Gasteiger partial charge is 0.303 e. The van der Waals surface area contributed by atoms with Gasteiger partial charge in [-0.25, -0.2) is 0 Å². The minimum atomic E-state index is -0.373. The maximum Gasteiger partial charge on any atom is 0.303 e. The lowest BCUT2D eigenvalue weighted by molar-refractivity contribution is -0.165. The van der Waals surface area contributed by atoms with E-state index in [0.717, 1.165) is 44.9 Å². The molecule has 0 aromatic rings. The molecule has 0 N–H and O–H groups in total. The fraction of sp³-hybridized carbons (Fsp3) is 0.815. The summed E-state index contributed by atoms with van der Waals surface area (Å²) in [6.07, 6.45) is 10.5. The largest absolute Gasteiger partial charge is 0.462 e. The van der Waals surface area contributed by atoms with Gasteiger partial charge in [0.25, 0.3) is 0 Å². The Bertz CT molecular complexity index is 832. The molecular weight excluding hydrogens is 420 g/mol. The van der Waals surface area contributed by atoms with Crippen molar-refractivity contribution in [3.8, 4) is 0 Å². The van der Waals surface area contributed by atoms with Gasteiger partial charge in [-0.05, 0) is 73.5 Å². The van der Waals surface area contributed by atoms with Gasteiger partial charge in [0.05, 0.1) is 0 Å². The standard InChI is InChI=1S/C27H40O6/c1-16(28)31-15-25(33-18(3)30)24-9-8-22-21-7-6-19-14-20(32-17(2)29)10-12-26(19,4)23(21)11-13-27(22,24)5/h6,20-25H,7-15H2,1-5H3/t20-,21+,22+,23+,24-,25+,26+,27+/m1/s1. The number of carbonyl (C=O) groups excluding carboxylic acids is 3. The molecule has 6 nitrogen and oxygen atoms in total. The Kier molecular flexibility index (Phi) is 6.67. The quantitative estimate of drug-likeness (QED) is 0.327. The van der Waals surface area contributed by atoms with Crippen LogP contribution in [0.25, 0.3) is 0 Å². The van der Waals surface area contributed by atoms with E-state index in [1.54, 1.807) is 0 Å². The van der Waals surface area contributed by atoms with Crippen molar-refractivity contribution in [3.05, 3.63) is 11.6 Å². The molecule has 0 radical (unpaired) electrons. The summed E-state index contributed by atoms with van der Waals surface area (Å²) in [5.41, 5.74) is 1.76. The van der Waals surface area contributed by atoms with E-state index >= 15 is 0 Å². The Morgan fingerprint density at radius 1 is 0.970 bits per heavy atom. The number of esters is 3. The minimum Gasteiger partial charge on any atom is -0.462 e. The van der Waals surface area contributed by atoms with Crippen LogP contribution >= 0.6 is 0 Å². The molecule has 4 aliphatic carbocycles. The summed E-state index contributed by atoms with van der Waals surface area (Å²) in [5, 5.41) is 0. The highest BCUT2D eigenvalue weighted by molar-refractivity contribution is 5.67. The van der Waals surface area contributed by atoms with Crippen LogP contribution in [0.4, 0.5) is 0 Å². The summed E-state index contributed by atoms with van der Waals surface area (Å²) in [6, 6.07) is 0. The first-order valence-electron chi connectivity index (χ1n) is 12.7. The molecule has 0 spiro atoms. The SMILES string of the molecule is CC(=O)OC[C@H](OC(C)=O)[C@H]1CC[C@H]2[C@@H]3CC=C4C[C@H](OC(C)=O)CC[C@]4(C)[C@H]3CC[C@]12C. The summed E-state index contributed by atoms with van der Waals surface area (Å²) in [6.45, 7) is 9.31. The van der Waals surface area contributed by atoms with Crippen molar-refractivity contribution in [3.63, 3.8) is 0 Å². The summed E-state index contributed by atoms with van der Waals surface area (Å²) in [5.74, 6) is 1.24. The fourth-order valence-electron chi connectivity index (χ4n) is 8.26. The van der Waals surface area contributed by atoms with E-state index in [2.05, 4.69) is 19.9 Å². The van der Waals surface area contributed by atoms with Crippen molar-refractivity contribution in [2.24, 2.45) is 34.5 Å². The Hall–Kier alpha value is -1.85. The van der Waals surface area contributed by atoms with Crippen LogP contribution in [0.5, 0.6) is 0 Å². The van der Waals surface area contributed by atoms with E-state index in [1.165, 1.54) is 32.8 Å². The number of rotatable bonds is 5. The van der Waals surface area contributed by atoms with Crippen molar-refractivity contribution in [2.75, 3.05) is 6.61 Å². The van der Waals surface area contributed by atoms with E-state index in [4.69, 9.17) is 14.2 Å². The van der Waals surface area contributed by atoms with Gasteiger partial charge in [0.15, 0.2) is 0 Å². The van der Waals surface area contributed by atoms with E-state index < -0.39 is 0 Å². The van der Waals surface area contributed by atoms with Crippen molar-refractivity contribution in [2.45, 2.75) is 98.2 Å². The molecule has 0 saturated heterocycles. The van der Waals surface area contributed by atoms with Crippen LogP contribution in [0, 0.1) is 34.5 Å². The zero-order valence-electron chi connectivity index (χ0n) is 20.9. The maximum atomic E-state index is 11.8. The second-order valence-corrected chi connectivity index (χ2v) is 11.4. The lowest BCUT2D eigenvalue weighted by Gasteiger charge is -2.58. The first-order chi connectivity index (χ1) is 15.5. The Morgan fingerprint density at radius 3 is 2.39 bits per heavy atom. The van der Waals surface area contributed by atoms with Gasteiger partial charge >= 0.3 is 17.9 Å². The summed E-state index contributed by atoms with van der Waals surface area (Å²) < 4.78 is 16.6. The highest BCUT2D eigenvalue weighted by atomic mass is 16.6. The highest BCUT2D eigenvalue weighted by Gasteiger charge is 2.60. The topological polar surface area (TPSA) is 78.9 Å². The van der Waals surface area contributed by atoms with Crippen LogP contribution in [0.15, 0.2) is 11.6 Å². The number of allylic oxidation sites excluding steroid dienone is 1. The van der Waals surface area contributed by atoms with Gasteiger partial charge in [0, 0.05) is 33.1 Å². The van der Waals surface area contributed by atoms with Gasteiger partial charge in [-0.15, -0.1) is 0 Å². The molecular formula is C27H40O6. The van der Waals surface area contributed by atoms with Gasteiger partial charge < -0.3 is 14.2 Å². The second-order valence-electron chi connectivity index (χ2n) is 11.4. The normalized spacial score (nSPS) is 40.4. The zero-order valence-corrected chi connectivity index (χ0v) is 20.9. The third-order valence-electron chi connectivity index (χ3n) is 9.68. The second kappa shape index (κ2) is 9.07. The molecule has 33 heavy (non-hydrogen) atoms. The molecule has 0 aromatic heterocycles. The van der Waals surface area contributed by atoms with Gasteiger partial charge in [0.1, 0.15) is 18.8 Å². The molecule has 8 atom stereocenters. The van der Waals surface area contributed by atoms with E-state index in [0.29, 0.717) is 17.8 Å². The molecule has 4 aliphatic rings. The van der Waals surface area contributed by atoms with E-state index in [-0.39, 0.29) is 53.5 Å². The predicted molar refractivity (Wildman–Crippen MR) is 123 cm³/mol. The summed E-state index contributed by atoms with van der Waals surface area (Å²) >= 11 is 0. The van der Waals surface area contributed by atoms with Crippen LogP contribution in [0.2, 0.25) is 0 Å². The molecule has 0 unspecified atom stereocenters. The first kappa shape index (κ1) is 24.3. The van der Waals surface area contributed by atoms with Crippen molar-refractivity contribution in [1.29, 1.82) is 0 Å². The Labute approximate surface area is 197 Å². The molecule has 6 heteroatoms.